The Balaban J connectivity index is 0.00000208. The van der Waals surface area contributed by atoms with E-state index in [-0.39, 0.29) is 43.2 Å². The van der Waals surface area contributed by atoms with E-state index in [0.717, 1.165) is 0 Å². The molecular weight excluding hydrogens is 334 g/mol. The van der Waals surface area contributed by atoms with Gasteiger partial charge in [0.2, 0.25) is 5.91 Å². The highest BCUT2D eigenvalue weighted by Crippen LogP contribution is 2.31. The Kier molecular flexibility index (Phi) is 6.42. The number of halogens is 1. The second-order valence-corrected chi connectivity index (χ2v) is 5.84. The van der Waals surface area contributed by atoms with Gasteiger partial charge in [-0.2, -0.15) is 0 Å². The molecule has 7 nitrogen and oxygen atoms in total. The summed E-state index contributed by atoms with van der Waals surface area (Å²) in [4.78, 5) is 25.6. The Bertz CT molecular complexity index is 598. The number of para-hydroxylation sites is 2. The number of anilines is 1. The molecule has 0 bridgehead atoms. The minimum Gasteiger partial charge on any atom is -0.482 e. The number of aliphatic hydroxyl groups is 1. The van der Waals surface area contributed by atoms with Crippen molar-refractivity contribution in [2.24, 2.45) is 5.92 Å². The molecule has 0 saturated carbocycles. The summed E-state index contributed by atoms with van der Waals surface area (Å²) in [6.45, 7) is 2.03. The summed E-state index contributed by atoms with van der Waals surface area (Å²) in [6.07, 6.45) is -0.195. The van der Waals surface area contributed by atoms with Gasteiger partial charge in [-0.3, -0.25) is 9.59 Å². The molecule has 2 heterocycles. The fourth-order valence-corrected chi connectivity index (χ4v) is 2.87. The Hall–Kier alpha value is -1.83. The number of nitrogens with one attached hydrogen (secondary N) is 2. The number of nitrogens with zero attached hydrogens (tertiary/aromatic N) is 1. The fraction of sp³-hybridized carbons (Fsp3) is 0.500. The van der Waals surface area contributed by atoms with Crippen LogP contribution < -0.4 is 20.3 Å². The van der Waals surface area contributed by atoms with E-state index >= 15 is 0 Å². The minimum atomic E-state index is -0.414. The molecular formula is C16H22ClN3O4. The number of hydrogen-bond donors (Lipinski definition) is 3. The number of amides is 2. The first-order chi connectivity index (χ1) is 11.1. The summed E-state index contributed by atoms with van der Waals surface area (Å²) in [5.41, 5.74) is 0.701. The average Bonchev–Trinajstić information content (AvgIpc) is 2.97. The van der Waals surface area contributed by atoms with Gasteiger partial charge in [-0.1, -0.05) is 12.1 Å². The van der Waals surface area contributed by atoms with E-state index in [1.165, 1.54) is 0 Å². The van der Waals surface area contributed by atoms with Crippen molar-refractivity contribution in [2.75, 3.05) is 37.7 Å². The molecule has 0 aromatic heterocycles. The zero-order chi connectivity index (χ0) is 16.2. The highest BCUT2D eigenvalue weighted by atomic mass is 35.5. The first kappa shape index (κ1) is 18.5. The van der Waals surface area contributed by atoms with Crippen LogP contribution in [0.3, 0.4) is 0 Å². The third kappa shape index (κ3) is 4.17. The summed E-state index contributed by atoms with van der Waals surface area (Å²) in [5.74, 6) is 0.435. The minimum absolute atomic E-state index is 0. The maximum absolute atomic E-state index is 12.0. The van der Waals surface area contributed by atoms with Gasteiger partial charge in [-0.05, 0) is 12.1 Å². The maximum atomic E-state index is 12.0. The van der Waals surface area contributed by atoms with E-state index in [2.05, 4.69) is 10.6 Å². The van der Waals surface area contributed by atoms with E-state index in [9.17, 15) is 14.7 Å². The van der Waals surface area contributed by atoms with E-state index in [1.807, 2.05) is 24.3 Å². The number of carbonyl (C=O) groups excluding carboxylic acids is 2. The molecule has 24 heavy (non-hydrogen) atoms. The summed E-state index contributed by atoms with van der Waals surface area (Å²) < 4.78 is 5.37. The van der Waals surface area contributed by atoms with Crippen molar-refractivity contribution in [1.29, 1.82) is 0 Å². The van der Waals surface area contributed by atoms with Crippen molar-refractivity contribution < 1.29 is 19.4 Å². The Morgan fingerprint density at radius 3 is 2.92 bits per heavy atom. The molecule has 0 radical (unpaired) electrons. The lowest BCUT2D eigenvalue weighted by Crippen LogP contribution is -2.41. The van der Waals surface area contributed by atoms with Crippen LogP contribution in [0.25, 0.3) is 0 Å². The number of aliphatic hydroxyl groups excluding tert-OH is 1. The van der Waals surface area contributed by atoms with Crippen molar-refractivity contribution in [3.05, 3.63) is 24.3 Å². The number of fused-ring (bicyclic) bond motifs is 1. The standard InChI is InChI=1S/C16H21N3O4.ClH/c20-13-9-17-7-11(13)8-18-15(21)5-6-19-12-3-1-2-4-14(12)23-10-16(19)22;/h1-4,11,13,17,20H,5-10H2,(H,18,21);1H. The van der Waals surface area contributed by atoms with E-state index in [0.29, 0.717) is 37.6 Å². The lowest BCUT2D eigenvalue weighted by molar-refractivity contribution is -0.122. The smallest absolute Gasteiger partial charge is 0.265 e. The molecule has 1 saturated heterocycles. The number of ether oxygens (including phenoxy) is 1. The third-order valence-corrected chi connectivity index (χ3v) is 4.24. The van der Waals surface area contributed by atoms with Gasteiger partial charge in [0.25, 0.3) is 5.91 Å². The first-order valence-corrected chi connectivity index (χ1v) is 7.83. The van der Waals surface area contributed by atoms with Crippen LogP contribution in [0.1, 0.15) is 6.42 Å². The topological polar surface area (TPSA) is 90.9 Å². The third-order valence-electron chi connectivity index (χ3n) is 4.24. The van der Waals surface area contributed by atoms with E-state index in [4.69, 9.17) is 4.74 Å². The molecule has 1 aromatic rings. The van der Waals surface area contributed by atoms with E-state index < -0.39 is 6.10 Å². The average molecular weight is 356 g/mol. The molecule has 2 atom stereocenters. The summed E-state index contributed by atoms with van der Waals surface area (Å²) in [5, 5.41) is 15.6. The largest absolute Gasteiger partial charge is 0.482 e. The van der Waals surface area contributed by atoms with Gasteiger partial charge in [0.05, 0.1) is 11.8 Å². The molecule has 0 spiro atoms. The zero-order valence-corrected chi connectivity index (χ0v) is 14.1. The molecule has 0 aliphatic carbocycles. The molecule has 3 rings (SSSR count). The van der Waals surface area contributed by atoms with Crippen molar-refractivity contribution in [3.8, 4) is 5.75 Å². The van der Waals surface area contributed by atoms with Crippen molar-refractivity contribution in [3.63, 3.8) is 0 Å². The fourth-order valence-electron chi connectivity index (χ4n) is 2.87. The number of benzene rings is 1. The molecule has 1 aromatic carbocycles. The van der Waals surface area contributed by atoms with Crippen molar-refractivity contribution >= 4 is 29.9 Å². The van der Waals surface area contributed by atoms with Gasteiger partial charge >= 0.3 is 0 Å². The van der Waals surface area contributed by atoms with Crippen LogP contribution in [0.5, 0.6) is 5.75 Å². The molecule has 1 fully saturated rings. The maximum Gasteiger partial charge on any atom is 0.265 e. The van der Waals surface area contributed by atoms with Crippen LogP contribution in [-0.2, 0) is 9.59 Å². The van der Waals surface area contributed by atoms with Crippen LogP contribution in [0.4, 0.5) is 5.69 Å². The number of hydrogen-bond acceptors (Lipinski definition) is 5. The molecule has 2 aliphatic heterocycles. The van der Waals surface area contributed by atoms with Crippen LogP contribution in [0.2, 0.25) is 0 Å². The van der Waals surface area contributed by atoms with Gasteiger partial charge in [0.1, 0.15) is 5.75 Å². The Morgan fingerprint density at radius 2 is 2.17 bits per heavy atom. The molecule has 2 unspecified atom stereocenters. The lowest BCUT2D eigenvalue weighted by atomic mass is 10.1. The van der Waals surface area contributed by atoms with Crippen LogP contribution in [0.15, 0.2) is 24.3 Å². The molecule has 2 amide bonds. The molecule has 8 heteroatoms. The predicted molar refractivity (Wildman–Crippen MR) is 91.5 cm³/mol. The van der Waals surface area contributed by atoms with Gasteiger partial charge in [-0.25, -0.2) is 0 Å². The predicted octanol–water partition coefficient (Wildman–Crippen LogP) is -0.0796. The Morgan fingerprint density at radius 1 is 1.38 bits per heavy atom. The monoisotopic (exact) mass is 355 g/mol. The number of rotatable bonds is 5. The SMILES string of the molecule is Cl.O=C(CCN1C(=O)COc2ccccc21)NCC1CNCC1O. The first-order valence-electron chi connectivity index (χ1n) is 7.83. The summed E-state index contributed by atoms with van der Waals surface area (Å²) in [6, 6.07) is 7.30. The highest BCUT2D eigenvalue weighted by Gasteiger charge is 2.27. The zero-order valence-electron chi connectivity index (χ0n) is 13.2. The van der Waals surface area contributed by atoms with Crippen molar-refractivity contribution in [1.82, 2.24) is 10.6 Å². The molecule has 2 aliphatic rings. The Labute approximate surface area is 146 Å². The van der Waals surface area contributed by atoms with E-state index in [1.54, 1.807) is 4.90 Å². The van der Waals surface area contributed by atoms with Crippen LogP contribution >= 0.6 is 12.4 Å². The van der Waals surface area contributed by atoms with Crippen molar-refractivity contribution in [2.45, 2.75) is 12.5 Å². The number of β-amino-alcohol motifs (C(OH)–C–C–N with tert-alkyl or cyclic N) is 1. The summed E-state index contributed by atoms with van der Waals surface area (Å²) >= 11 is 0. The highest BCUT2D eigenvalue weighted by molar-refractivity contribution is 5.98. The molecule has 3 N–H and O–H groups in total. The molecule has 132 valence electrons. The quantitative estimate of drug-likeness (QED) is 0.687. The van der Waals surface area contributed by atoms with Crippen LogP contribution in [0, 0.1) is 5.92 Å². The summed E-state index contributed by atoms with van der Waals surface area (Å²) in [7, 11) is 0. The van der Waals surface area contributed by atoms with Gasteiger partial charge < -0.3 is 25.4 Å². The van der Waals surface area contributed by atoms with Gasteiger partial charge in [0, 0.05) is 38.5 Å². The van der Waals surface area contributed by atoms with Gasteiger partial charge in [-0.15, -0.1) is 12.4 Å². The van der Waals surface area contributed by atoms with Crippen LogP contribution in [-0.4, -0.2) is 55.8 Å². The normalized spacial score (nSPS) is 22.4. The van der Waals surface area contributed by atoms with Gasteiger partial charge in [0.15, 0.2) is 6.61 Å². The lowest BCUT2D eigenvalue weighted by Gasteiger charge is -2.29. The second kappa shape index (κ2) is 8.32. The number of carbonyl (C=O) groups is 2. The second-order valence-electron chi connectivity index (χ2n) is 5.84.